The quantitative estimate of drug-likeness (QED) is 0.240. The number of nitrogens with one attached hydrogen (secondary N) is 4. The second kappa shape index (κ2) is 18.7. The van der Waals surface area contributed by atoms with Gasteiger partial charge in [0.15, 0.2) is 0 Å². The molecular weight excluding hydrogens is 424 g/mol. The second-order valence-corrected chi connectivity index (χ2v) is 8.59. The molecule has 0 aliphatic carbocycles. The average molecular weight is 467 g/mol. The largest absolute Gasteiger partial charge is 0.356 e. The first-order chi connectivity index (χ1) is 16.7. The van der Waals surface area contributed by atoms with Crippen LogP contribution in [0.25, 0.3) is 0 Å². The van der Waals surface area contributed by atoms with Gasteiger partial charge in [0.25, 0.3) is 0 Å². The van der Waals surface area contributed by atoms with Crippen LogP contribution < -0.4 is 21.3 Å². The summed E-state index contributed by atoms with van der Waals surface area (Å²) >= 11 is 0. The van der Waals surface area contributed by atoms with E-state index in [4.69, 9.17) is 0 Å². The smallest absolute Gasteiger partial charge is 0.220 e. The molecule has 6 nitrogen and oxygen atoms in total. The third kappa shape index (κ3) is 14.4. The summed E-state index contributed by atoms with van der Waals surface area (Å²) in [6.45, 7) is 5.31. The molecule has 0 bridgehead atoms. The number of carbonyl (C=O) groups is 2. The summed E-state index contributed by atoms with van der Waals surface area (Å²) in [5.74, 6) is 0.253. The molecule has 0 aliphatic rings. The molecule has 0 aromatic heterocycles. The van der Waals surface area contributed by atoms with Gasteiger partial charge < -0.3 is 21.3 Å². The molecule has 0 aliphatic heterocycles. The third-order valence-corrected chi connectivity index (χ3v) is 5.63. The molecule has 0 atom stereocenters. The zero-order valence-electron chi connectivity index (χ0n) is 20.5. The van der Waals surface area contributed by atoms with Crippen molar-refractivity contribution < 1.29 is 9.59 Å². The van der Waals surface area contributed by atoms with E-state index >= 15 is 0 Å². The topological polar surface area (TPSA) is 82.3 Å². The van der Waals surface area contributed by atoms with Crippen molar-refractivity contribution in [3.05, 3.63) is 71.8 Å². The maximum atomic E-state index is 11.9. The molecule has 2 aromatic rings. The van der Waals surface area contributed by atoms with E-state index in [2.05, 4.69) is 45.5 Å². The number of hydrogen-bond donors (Lipinski definition) is 4. The first kappa shape index (κ1) is 27.5. The molecular formula is C28H42N4O2. The molecule has 2 aromatic carbocycles. The summed E-state index contributed by atoms with van der Waals surface area (Å²) in [4.78, 5) is 23.7. The number of carbonyl (C=O) groups excluding carboxylic acids is 2. The predicted octanol–water partition coefficient (Wildman–Crippen LogP) is 3.22. The van der Waals surface area contributed by atoms with Crippen molar-refractivity contribution in [1.29, 1.82) is 0 Å². The molecule has 0 saturated heterocycles. The van der Waals surface area contributed by atoms with Crippen LogP contribution in [0.4, 0.5) is 0 Å². The highest BCUT2D eigenvalue weighted by atomic mass is 16.2. The van der Waals surface area contributed by atoms with Gasteiger partial charge in [-0.2, -0.15) is 0 Å². The highest BCUT2D eigenvalue weighted by Gasteiger charge is 2.02. The number of hydrogen-bond acceptors (Lipinski definition) is 4. The standard InChI is InChI=1S/C28H42N4O2/c33-27(17-15-25-11-3-1-4-12-25)31-23-9-21-29-19-7-8-20-30-22-10-24-32-28(34)18-16-26-13-5-2-6-14-26/h1-6,11-14,29-30H,7-10,15-24H2,(H,31,33)(H,32,34). The van der Waals surface area contributed by atoms with E-state index in [1.54, 1.807) is 0 Å². The summed E-state index contributed by atoms with van der Waals surface area (Å²) in [7, 11) is 0. The molecule has 0 heterocycles. The fourth-order valence-electron chi connectivity index (χ4n) is 3.61. The fraction of sp³-hybridized carbons (Fsp3) is 0.500. The lowest BCUT2D eigenvalue weighted by atomic mass is 10.1. The van der Waals surface area contributed by atoms with Crippen molar-refractivity contribution in [2.45, 2.75) is 51.4 Å². The van der Waals surface area contributed by atoms with Gasteiger partial charge in [-0.3, -0.25) is 9.59 Å². The van der Waals surface area contributed by atoms with Crippen LogP contribution in [0.1, 0.15) is 49.7 Å². The van der Waals surface area contributed by atoms with Gasteiger partial charge in [0.1, 0.15) is 0 Å². The normalized spacial score (nSPS) is 10.7. The Morgan fingerprint density at radius 1 is 0.500 bits per heavy atom. The van der Waals surface area contributed by atoms with Crippen LogP contribution in [0.3, 0.4) is 0 Å². The lowest BCUT2D eigenvalue weighted by Gasteiger charge is -2.08. The molecule has 0 fully saturated rings. The van der Waals surface area contributed by atoms with Gasteiger partial charge in [-0.25, -0.2) is 0 Å². The Kier molecular flexibility index (Phi) is 15.1. The summed E-state index contributed by atoms with van der Waals surface area (Å²) in [5, 5.41) is 12.9. The zero-order valence-corrected chi connectivity index (χ0v) is 20.5. The molecule has 0 unspecified atom stereocenters. The van der Waals surface area contributed by atoms with E-state index in [0.717, 1.165) is 77.8 Å². The zero-order chi connectivity index (χ0) is 24.1. The lowest BCUT2D eigenvalue weighted by Crippen LogP contribution is -2.28. The molecule has 6 heteroatoms. The number of unbranched alkanes of at least 4 members (excludes halogenated alkanes) is 1. The van der Waals surface area contributed by atoms with Crippen molar-refractivity contribution in [2.24, 2.45) is 0 Å². The Bertz CT molecular complexity index is 716. The SMILES string of the molecule is O=C(CCc1ccccc1)NCCCNCCCCNCCCNC(=O)CCc1ccccc1. The molecule has 2 amide bonds. The Labute approximate surface area is 205 Å². The van der Waals surface area contributed by atoms with Crippen LogP contribution in [0.5, 0.6) is 0 Å². The van der Waals surface area contributed by atoms with Gasteiger partial charge in [0, 0.05) is 25.9 Å². The number of aryl methyl sites for hydroxylation is 2. The summed E-state index contributed by atoms with van der Waals surface area (Å²) < 4.78 is 0. The monoisotopic (exact) mass is 466 g/mol. The summed E-state index contributed by atoms with van der Waals surface area (Å²) in [6, 6.07) is 20.2. The van der Waals surface area contributed by atoms with E-state index in [-0.39, 0.29) is 11.8 Å². The van der Waals surface area contributed by atoms with Crippen molar-refractivity contribution >= 4 is 11.8 Å². The fourth-order valence-corrected chi connectivity index (χ4v) is 3.61. The van der Waals surface area contributed by atoms with Gasteiger partial charge in [-0.15, -0.1) is 0 Å². The summed E-state index contributed by atoms with van der Waals surface area (Å²) in [6.07, 6.45) is 6.85. The Balaban J connectivity index is 1.28. The van der Waals surface area contributed by atoms with E-state index in [1.165, 1.54) is 11.1 Å². The molecule has 4 N–H and O–H groups in total. The van der Waals surface area contributed by atoms with Crippen LogP contribution in [0, 0.1) is 0 Å². The molecule has 0 spiro atoms. The van der Waals surface area contributed by atoms with Crippen molar-refractivity contribution in [3.8, 4) is 0 Å². The Hall–Kier alpha value is -2.70. The van der Waals surface area contributed by atoms with Gasteiger partial charge >= 0.3 is 0 Å². The maximum absolute atomic E-state index is 11.9. The molecule has 0 radical (unpaired) electrons. The predicted molar refractivity (Wildman–Crippen MR) is 140 cm³/mol. The average Bonchev–Trinajstić information content (AvgIpc) is 2.87. The van der Waals surface area contributed by atoms with E-state index in [0.29, 0.717) is 12.8 Å². The van der Waals surface area contributed by atoms with Crippen LogP contribution in [-0.2, 0) is 22.4 Å². The van der Waals surface area contributed by atoms with Crippen LogP contribution >= 0.6 is 0 Å². The molecule has 2 rings (SSSR count). The number of benzene rings is 2. The number of rotatable bonds is 19. The van der Waals surface area contributed by atoms with E-state index in [9.17, 15) is 9.59 Å². The summed E-state index contributed by atoms with van der Waals surface area (Å²) in [5.41, 5.74) is 2.41. The second-order valence-electron chi connectivity index (χ2n) is 8.59. The maximum Gasteiger partial charge on any atom is 0.220 e. The molecule has 0 saturated carbocycles. The van der Waals surface area contributed by atoms with Gasteiger partial charge in [0.2, 0.25) is 11.8 Å². The third-order valence-electron chi connectivity index (χ3n) is 5.63. The van der Waals surface area contributed by atoms with Crippen LogP contribution in [-0.4, -0.2) is 51.1 Å². The van der Waals surface area contributed by atoms with Crippen LogP contribution in [0.2, 0.25) is 0 Å². The first-order valence-electron chi connectivity index (χ1n) is 12.8. The van der Waals surface area contributed by atoms with E-state index in [1.807, 2.05) is 36.4 Å². The van der Waals surface area contributed by atoms with Crippen LogP contribution in [0.15, 0.2) is 60.7 Å². The molecule has 34 heavy (non-hydrogen) atoms. The lowest BCUT2D eigenvalue weighted by molar-refractivity contribution is -0.121. The molecule has 186 valence electrons. The Morgan fingerprint density at radius 3 is 1.29 bits per heavy atom. The minimum atomic E-state index is 0.127. The van der Waals surface area contributed by atoms with E-state index < -0.39 is 0 Å². The van der Waals surface area contributed by atoms with Crippen molar-refractivity contribution in [2.75, 3.05) is 39.3 Å². The van der Waals surface area contributed by atoms with Gasteiger partial charge in [0.05, 0.1) is 0 Å². The van der Waals surface area contributed by atoms with Crippen molar-refractivity contribution in [1.82, 2.24) is 21.3 Å². The minimum absolute atomic E-state index is 0.127. The minimum Gasteiger partial charge on any atom is -0.356 e. The van der Waals surface area contributed by atoms with Gasteiger partial charge in [-0.1, -0.05) is 60.7 Å². The highest BCUT2D eigenvalue weighted by molar-refractivity contribution is 5.76. The number of amides is 2. The van der Waals surface area contributed by atoms with Gasteiger partial charge in [-0.05, 0) is 75.8 Å². The highest BCUT2D eigenvalue weighted by Crippen LogP contribution is 2.03. The first-order valence-corrected chi connectivity index (χ1v) is 12.8. The Morgan fingerprint density at radius 2 is 0.882 bits per heavy atom. The van der Waals surface area contributed by atoms with Crippen molar-refractivity contribution in [3.63, 3.8) is 0 Å².